The van der Waals surface area contributed by atoms with Crippen LogP contribution in [0.15, 0.2) is 36.5 Å². The first-order valence-corrected chi connectivity index (χ1v) is 10.7. The van der Waals surface area contributed by atoms with Gasteiger partial charge in [-0.25, -0.2) is 9.78 Å². The molecule has 0 saturated carbocycles. The molecule has 8 heteroatoms. The number of fused-ring (bicyclic) bond motifs is 2. The highest BCUT2D eigenvalue weighted by atomic mass is 16.6. The van der Waals surface area contributed by atoms with E-state index in [1.807, 2.05) is 57.3 Å². The van der Waals surface area contributed by atoms with E-state index < -0.39 is 5.60 Å². The number of para-hydroxylation sites is 1. The van der Waals surface area contributed by atoms with Gasteiger partial charge in [0.15, 0.2) is 0 Å². The van der Waals surface area contributed by atoms with E-state index in [1.165, 1.54) is 0 Å². The predicted octanol–water partition coefficient (Wildman–Crippen LogP) is 3.75. The lowest BCUT2D eigenvalue weighted by atomic mass is 9.98. The Morgan fingerprint density at radius 1 is 1.16 bits per heavy atom. The fourth-order valence-corrected chi connectivity index (χ4v) is 4.17. The Labute approximate surface area is 180 Å². The average Bonchev–Trinajstić information content (AvgIpc) is 3.28. The van der Waals surface area contributed by atoms with Crippen molar-refractivity contribution in [3.63, 3.8) is 0 Å². The van der Waals surface area contributed by atoms with Gasteiger partial charge in [0.05, 0.1) is 5.69 Å². The fourth-order valence-electron chi connectivity index (χ4n) is 4.17. The number of benzene rings is 1. The average molecular weight is 422 g/mol. The third-order valence-electron chi connectivity index (χ3n) is 5.75. The normalized spacial score (nSPS) is 16.9. The maximum atomic E-state index is 13.2. The highest BCUT2D eigenvalue weighted by Crippen LogP contribution is 2.31. The number of carbonyl (C=O) groups excluding carboxylic acids is 2. The molecule has 0 spiro atoms. The minimum atomic E-state index is -0.501. The van der Waals surface area contributed by atoms with Crippen LogP contribution in [0.4, 0.5) is 10.7 Å². The van der Waals surface area contributed by atoms with E-state index in [2.05, 4.69) is 9.55 Å². The lowest BCUT2D eigenvalue weighted by molar-refractivity contribution is 0.00790. The van der Waals surface area contributed by atoms with Gasteiger partial charge in [-0.2, -0.15) is 0 Å². The first-order chi connectivity index (χ1) is 14.8. The fraction of sp³-hybridized carbons (Fsp3) is 0.435. The molecule has 31 heavy (non-hydrogen) atoms. The molecule has 2 aliphatic rings. The molecule has 0 aliphatic carbocycles. The molecule has 162 valence electrons. The summed E-state index contributed by atoms with van der Waals surface area (Å²) in [6, 6.07) is 9.76. The SMILES string of the molecule is CC(C)(C)OC(=O)N1CC(c2cn3c(n2)N(C(=O)c2cc4ccccc4[nH]2)CCC3)C1. The first-order valence-electron chi connectivity index (χ1n) is 10.7. The largest absolute Gasteiger partial charge is 0.444 e. The van der Waals surface area contributed by atoms with E-state index in [-0.39, 0.29) is 17.9 Å². The van der Waals surface area contributed by atoms with Crippen molar-refractivity contribution in [3.8, 4) is 0 Å². The number of carbonyl (C=O) groups is 2. The van der Waals surface area contributed by atoms with Crippen molar-refractivity contribution >= 4 is 28.9 Å². The second-order valence-electron chi connectivity index (χ2n) is 9.32. The molecule has 1 aromatic carbocycles. The second-order valence-corrected chi connectivity index (χ2v) is 9.32. The van der Waals surface area contributed by atoms with Gasteiger partial charge in [0.1, 0.15) is 11.3 Å². The number of H-pyrrole nitrogens is 1. The number of hydrogen-bond donors (Lipinski definition) is 1. The molecule has 8 nitrogen and oxygen atoms in total. The number of imidazole rings is 1. The number of ether oxygens (including phenoxy) is 1. The summed E-state index contributed by atoms with van der Waals surface area (Å²) < 4.78 is 7.49. The molecular formula is C23H27N5O3. The van der Waals surface area contributed by atoms with Crippen molar-refractivity contribution in [2.75, 3.05) is 24.5 Å². The van der Waals surface area contributed by atoms with Crippen molar-refractivity contribution in [1.29, 1.82) is 0 Å². The van der Waals surface area contributed by atoms with Gasteiger partial charge >= 0.3 is 6.09 Å². The van der Waals surface area contributed by atoms with Gasteiger partial charge in [0.25, 0.3) is 5.91 Å². The van der Waals surface area contributed by atoms with Crippen LogP contribution >= 0.6 is 0 Å². The van der Waals surface area contributed by atoms with E-state index >= 15 is 0 Å². The Hall–Kier alpha value is -3.29. The monoisotopic (exact) mass is 421 g/mol. The maximum Gasteiger partial charge on any atom is 0.410 e. The van der Waals surface area contributed by atoms with Crippen LogP contribution in [0.5, 0.6) is 0 Å². The van der Waals surface area contributed by atoms with Crippen LogP contribution in [0.25, 0.3) is 10.9 Å². The van der Waals surface area contributed by atoms with E-state index in [0.29, 0.717) is 31.3 Å². The number of hydrogen-bond acceptors (Lipinski definition) is 4. The molecule has 0 bridgehead atoms. The van der Waals surface area contributed by atoms with Crippen LogP contribution in [-0.2, 0) is 11.3 Å². The summed E-state index contributed by atoms with van der Waals surface area (Å²) in [5, 5.41) is 1.02. The van der Waals surface area contributed by atoms with E-state index in [1.54, 1.807) is 9.80 Å². The van der Waals surface area contributed by atoms with Gasteiger partial charge in [-0.1, -0.05) is 18.2 Å². The molecule has 2 amide bonds. The molecule has 1 saturated heterocycles. The summed E-state index contributed by atoms with van der Waals surface area (Å²) >= 11 is 0. The number of nitrogens with zero attached hydrogens (tertiary/aromatic N) is 4. The highest BCUT2D eigenvalue weighted by Gasteiger charge is 2.37. The zero-order chi connectivity index (χ0) is 21.8. The van der Waals surface area contributed by atoms with E-state index in [9.17, 15) is 9.59 Å². The summed E-state index contributed by atoms with van der Waals surface area (Å²) in [6.45, 7) is 8.24. The van der Waals surface area contributed by atoms with Crippen LogP contribution < -0.4 is 4.90 Å². The molecule has 3 aromatic rings. The van der Waals surface area contributed by atoms with Gasteiger partial charge in [0, 0.05) is 49.2 Å². The molecular weight excluding hydrogens is 394 g/mol. The quantitative estimate of drug-likeness (QED) is 0.683. The Kier molecular flexibility index (Phi) is 4.53. The molecule has 0 atom stereocenters. The predicted molar refractivity (Wildman–Crippen MR) is 117 cm³/mol. The molecule has 0 unspecified atom stereocenters. The zero-order valence-corrected chi connectivity index (χ0v) is 18.1. The number of rotatable bonds is 2. The van der Waals surface area contributed by atoms with E-state index in [4.69, 9.17) is 9.72 Å². The van der Waals surface area contributed by atoms with E-state index in [0.717, 1.165) is 29.6 Å². The van der Waals surface area contributed by atoms with Gasteiger partial charge in [-0.15, -0.1) is 0 Å². The highest BCUT2D eigenvalue weighted by molar-refractivity contribution is 6.06. The number of likely N-dealkylation sites (tertiary alicyclic amines) is 1. The van der Waals surface area contributed by atoms with Crippen LogP contribution in [0, 0.1) is 0 Å². The Bertz CT molecular complexity index is 1120. The lowest BCUT2D eigenvalue weighted by Crippen LogP contribution is -2.50. The second kappa shape index (κ2) is 7.14. The Morgan fingerprint density at radius 2 is 1.94 bits per heavy atom. The lowest BCUT2D eigenvalue weighted by Gasteiger charge is -2.38. The van der Waals surface area contributed by atoms with Gasteiger partial charge in [0.2, 0.25) is 5.95 Å². The minimum absolute atomic E-state index is 0.0710. The number of aromatic amines is 1. The smallest absolute Gasteiger partial charge is 0.410 e. The minimum Gasteiger partial charge on any atom is -0.444 e. The van der Waals surface area contributed by atoms with Gasteiger partial charge in [-0.05, 0) is 39.3 Å². The maximum absolute atomic E-state index is 13.2. The summed E-state index contributed by atoms with van der Waals surface area (Å²) in [6.07, 6.45) is 2.61. The van der Waals surface area contributed by atoms with Crippen LogP contribution in [0.1, 0.15) is 49.3 Å². The summed E-state index contributed by atoms with van der Waals surface area (Å²) in [4.78, 5) is 36.9. The van der Waals surface area contributed by atoms with Crippen LogP contribution in [0.3, 0.4) is 0 Å². The molecule has 1 N–H and O–H groups in total. The van der Waals surface area contributed by atoms with Crippen molar-refractivity contribution in [3.05, 3.63) is 47.9 Å². The molecule has 4 heterocycles. The van der Waals surface area contributed by atoms with Crippen molar-refractivity contribution in [2.24, 2.45) is 0 Å². The number of nitrogens with one attached hydrogen (secondary N) is 1. The molecule has 2 aromatic heterocycles. The number of amides is 2. The summed E-state index contributed by atoms with van der Waals surface area (Å²) in [5.74, 6) is 0.773. The zero-order valence-electron chi connectivity index (χ0n) is 18.1. The van der Waals surface area contributed by atoms with Gasteiger partial charge in [-0.3, -0.25) is 9.69 Å². The molecule has 1 fully saturated rings. The molecule has 0 radical (unpaired) electrons. The third-order valence-corrected chi connectivity index (χ3v) is 5.75. The topological polar surface area (TPSA) is 83.5 Å². The Balaban J connectivity index is 1.32. The number of anilines is 1. The first kappa shape index (κ1) is 19.7. The number of aromatic nitrogens is 3. The molecule has 5 rings (SSSR count). The van der Waals surface area contributed by atoms with Crippen LogP contribution in [0.2, 0.25) is 0 Å². The number of aryl methyl sites for hydroxylation is 1. The van der Waals surface area contributed by atoms with Gasteiger partial charge < -0.3 is 19.2 Å². The van der Waals surface area contributed by atoms with Crippen molar-refractivity contribution < 1.29 is 14.3 Å². The van der Waals surface area contributed by atoms with Crippen molar-refractivity contribution in [1.82, 2.24) is 19.4 Å². The van der Waals surface area contributed by atoms with Crippen LogP contribution in [-0.4, -0.2) is 56.7 Å². The Morgan fingerprint density at radius 3 is 2.68 bits per heavy atom. The standard InChI is InChI=1S/C23H27N5O3/c1-23(2,3)31-22(30)27-12-16(13-27)19-14-26-9-6-10-28(21(26)25-19)20(29)18-11-15-7-4-5-8-17(15)24-18/h4-5,7-8,11,14,16,24H,6,9-10,12-13H2,1-3H3. The third kappa shape index (κ3) is 3.66. The molecule has 2 aliphatic heterocycles. The van der Waals surface area contributed by atoms with Crippen molar-refractivity contribution in [2.45, 2.75) is 45.3 Å². The summed E-state index contributed by atoms with van der Waals surface area (Å²) in [5.41, 5.74) is 1.94. The summed E-state index contributed by atoms with van der Waals surface area (Å²) in [7, 11) is 0.